The summed E-state index contributed by atoms with van der Waals surface area (Å²) in [5.41, 5.74) is 2.82. The minimum Gasteiger partial charge on any atom is -0.494 e. The van der Waals surface area contributed by atoms with E-state index in [1.54, 1.807) is 0 Å². The Morgan fingerprint density at radius 2 is 1.88 bits per heavy atom. The largest absolute Gasteiger partial charge is 0.494 e. The van der Waals surface area contributed by atoms with Crippen molar-refractivity contribution in [3.05, 3.63) is 23.0 Å². The number of rotatable bonds is 5. The van der Waals surface area contributed by atoms with Crippen molar-refractivity contribution in [2.45, 2.75) is 46.1 Å². The zero-order valence-electron chi connectivity index (χ0n) is 11.6. The van der Waals surface area contributed by atoms with E-state index >= 15 is 0 Å². The molecule has 0 aromatic carbocycles. The molecule has 92 valence electrons. The van der Waals surface area contributed by atoms with Gasteiger partial charge in [-0.25, -0.2) is 0 Å². The van der Waals surface area contributed by atoms with E-state index in [0.717, 1.165) is 18.8 Å². The van der Waals surface area contributed by atoms with Gasteiger partial charge < -0.3 is 4.74 Å². The van der Waals surface area contributed by atoms with Crippen molar-refractivity contribution in [3.8, 4) is 0 Å². The second kappa shape index (κ2) is 5.05. The molecule has 0 aromatic heterocycles. The molecule has 1 atom stereocenters. The van der Waals surface area contributed by atoms with Crippen LogP contribution in [0.25, 0.3) is 0 Å². The monoisotopic (exact) mass is 223 g/mol. The number of allylic oxidation sites excluding steroid dienone is 1. The van der Waals surface area contributed by atoms with Gasteiger partial charge in [0.15, 0.2) is 0 Å². The summed E-state index contributed by atoms with van der Waals surface area (Å²) in [4.78, 5) is 2.31. The maximum absolute atomic E-state index is 5.71. The standard InChI is InChI=1S/C14H25NO/c1-7-9-14(15(5)6)10-13(16-8-2)11(3)12(14)4/h10H,7-9H2,1-6H3. The third-order valence-corrected chi connectivity index (χ3v) is 3.68. The number of nitrogens with zero attached hydrogens (tertiary/aromatic N) is 1. The minimum atomic E-state index is 0.0728. The first-order valence-electron chi connectivity index (χ1n) is 6.21. The van der Waals surface area contributed by atoms with Crippen LogP contribution < -0.4 is 0 Å². The quantitative estimate of drug-likeness (QED) is 0.708. The van der Waals surface area contributed by atoms with Crippen molar-refractivity contribution in [3.63, 3.8) is 0 Å². The summed E-state index contributed by atoms with van der Waals surface area (Å²) < 4.78 is 5.71. The molecule has 0 spiro atoms. The average molecular weight is 223 g/mol. The molecule has 0 amide bonds. The van der Waals surface area contributed by atoms with E-state index in [4.69, 9.17) is 4.74 Å². The molecule has 0 aromatic rings. The predicted octanol–water partition coefficient (Wildman–Crippen LogP) is 3.36. The van der Waals surface area contributed by atoms with E-state index < -0.39 is 0 Å². The summed E-state index contributed by atoms with van der Waals surface area (Å²) in [5.74, 6) is 1.07. The molecule has 1 aliphatic carbocycles. The lowest BCUT2D eigenvalue weighted by Gasteiger charge is -2.36. The molecule has 0 saturated carbocycles. The lowest BCUT2D eigenvalue weighted by molar-refractivity contribution is 0.217. The van der Waals surface area contributed by atoms with Crippen LogP contribution in [0.1, 0.15) is 40.5 Å². The molecule has 0 N–H and O–H groups in total. The molecule has 1 rings (SSSR count). The zero-order chi connectivity index (χ0) is 12.3. The fraction of sp³-hybridized carbons (Fsp3) is 0.714. The molecule has 2 heteroatoms. The highest BCUT2D eigenvalue weighted by Gasteiger charge is 2.38. The summed E-state index contributed by atoms with van der Waals surface area (Å²) in [6.45, 7) is 9.41. The fourth-order valence-corrected chi connectivity index (χ4v) is 2.58. The average Bonchev–Trinajstić information content (AvgIpc) is 2.46. The third-order valence-electron chi connectivity index (χ3n) is 3.68. The Hall–Kier alpha value is -0.760. The van der Waals surface area contributed by atoms with E-state index in [1.165, 1.54) is 17.6 Å². The van der Waals surface area contributed by atoms with Gasteiger partial charge in [-0.2, -0.15) is 0 Å². The number of hydrogen-bond acceptors (Lipinski definition) is 2. The van der Waals surface area contributed by atoms with Crippen LogP contribution in [0.5, 0.6) is 0 Å². The Morgan fingerprint density at radius 1 is 1.25 bits per heavy atom. The van der Waals surface area contributed by atoms with Crippen LogP contribution >= 0.6 is 0 Å². The molecule has 0 heterocycles. The SMILES string of the molecule is CCCC1(N(C)C)C=C(OCC)C(C)=C1C. The van der Waals surface area contributed by atoms with E-state index in [9.17, 15) is 0 Å². The lowest BCUT2D eigenvalue weighted by Crippen LogP contribution is -2.42. The second-order valence-electron chi connectivity index (χ2n) is 4.76. The van der Waals surface area contributed by atoms with Crippen molar-refractivity contribution < 1.29 is 4.74 Å². The topological polar surface area (TPSA) is 12.5 Å². The normalized spacial score (nSPS) is 25.3. The van der Waals surface area contributed by atoms with E-state index in [-0.39, 0.29) is 5.54 Å². The Morgan fingerprint density at radius 3 is 2.31 bits per heavy atom. The summed E-state index contributed by atoms with van der Waals surface area (Å²) in [6, 6.07) is 0. The summed E-state index contributed by atoms with van der Waals surface area (Å²) in [7, 11) is 4.30. The van der Waals surface area contributed by atoms with Crippen LogP contribution in [0.4, 0.5) is 0 Å². The van der Waals surface area contributed by atoms with Crippen LogP contribution in [-0.4, -0.2) is 31.1 Å². The van der Waals surface area contributed by atoms with Gasteiger partial charge in [-0.15, -0.1) is 0 Å². The Labute approximate surface area is 100.0 Å². The third kappa shape index (κ3) is 2.03. The van der Waals surface area contributed by atoms with Crippen molar-refractivity contribution in [2.75, 3.05) is 20.7 Å². The molecule has 1 aliphatic rings. The first kappa shape index (κ1) is 13.3. The molecule has 0 radical (unpaired) electrons. The number of likely N-dealkylation sites (N-methyl/N-ethyl adjacent to an activating group) is 1. The van der Waals surface area contributed by atoms with Crippen LogP contribution in [0.2, 0.25) is 0 Å². The van der Waals surface area contributed by atoms with Gasteiger partial charge in [-0.3, -0.25) is 4.90 Å². The van der Waals surface area contributed by atoms with Gasteiger partial charge >= 0.3 is 0 Å². The molecule has 0 aliphatic heterocycles. The maximum atomic E-state index is 5.71. The van der Waals surface area contributed by atoms with Gasteiger partial charge in [0.05, 0.1) is 12.1 Å². The van der Waals surface area contributed by atoms with Crippen molar-refractivity contribution in [2.24, 2.45) is 0 Å². The first-order valence-corrected chi connectivity index (χ1v) is 6.21. The van der Waals surface area contributed by atoms with Crippen molar-refractivity contribution in [1.82, 2.24) is 4.90 Å². The molecule has 0 saturated heterocycles. The smallest absolute Gasteiger partial charge is 0.120 e. The molecule has 2 nitrogen and oxygen atoms in total. The highest BCUT2D eigenvalue weighted by Crippen LogP contribution is 2.40. The van der Waals surface area contributed by atoms with Crippen LogP contribution in [0.3, 0.4) is 0 Å². The maximum Gasteiger partial charge on any atom is 0.120 e. The van der Waals surface area contributed by atoms with Crippen LogP contribution in [0.15, 0.2) is 23.0 Å². The summed E-state index contributed by atoms with van der Waals surface area (Å²) in [5, 5.41) is 0. The van der Waals surface area contributed by atoms with Gasteiger partial charge in [-0.1, -0.05) is 13.3 Å². The van der Waals surface area contributed by atoms with E-state index in [0.29, 0.717) is 0 Å². The van der Waals surface area contributed by atoms with Crippen LogP contribution in [-0.2, 0) is 4.74 Å². The lowest BCUT2D eigenvalue weighted by atomic mass is 9.87. The highest BCUT2D eigenvalue weighted by atomic mass is 16.5. The predicted molar refractivity (Wildman–Crippen MR) is 69.4 cm³/mol. The number of hydrogen-bond donors (Lipinski definition) is 0. The molecule has 0 fully saturated rings. The molecule has 16 heavy (non-hydrogen) atoms. The van der Waals surface area contributed by atoms with Crippen molar-refractivity contribution in [1.29, 1.82) is 0 Å². The highest BCUT2D eigenvalue weighted by molar-refractivity contribution is 5.47. The van der Waals surface area contributed by atoms with E-state index in [1.807, 2.05) is 6.92 Å². The van der Waals surface area contributed by atoms with Crippen molar-refractivity contribution >= 4 is 0 Å². The molecular weight excluding hydrogens is 198 g/mol. The molecule has 0 bridgehead atoms. The van der Waals surface area contributed by atoms with Gasteiger partial charge in [0.25, 0.3) is 0 Å². The number of ether oxygens (including phenoxy) is 1. The second-order valence-corrected chi connectivity index (χ2v) is 4.76. The summed E-state index contributed by atoms with van der Waals surface area (Å²) in [6.07, 6.45) is 4.63. The Balaban J connectivity index is 3.12. The zero-order valence-corrected chi connectivity index (χ0v) is 11.6. The summed E-state index contributed by atoms with van der Waals surface area (Å²) >= 11 is 0. The van der Waals surface area contributed by atoms with Crippen LogP contribution in [0, 0.1) is 0 Å². The van der Waals surface area contributed by atoms with Gasteiger partial charge in [0, 0.05) is 0 Å². The fourth-order valence-electron chi connectivity index (χ4n) is 2.58. The molecule has 1 unspecified atom stereocenters. The van der Waals surface area contributed by atoms with Gasteiger partial charge in [0.2, 0.25) is 0 Å². The first-order chi connectivity index (χ1) is 7.49. The Kier molecular flexibility index (Phi) is 4.20. The van der Waals surface area contributed by atoms with E-state index in [2.05, 4.69) is 45.8 Å². The van der Waals surface area contributed by atoms with Gasteiger partial charge in [0.1, 0.15) is 5.76 Å². The minimum absolute atomic E-state index is 0.0728. The Bertz CT molecular complexity index is 315. The van der Waals surface area contributed by atoms with Gasteiger partial charge in [-0.05, 0) is 58.5 Å². The molecular formula is C14H25NO.